The molecule has 0 aliphatic heterocycles. The fraction of sp³-hybridized carbons (Fsp3) is 0.227. The van der Waals surface area contributed by atoms with Crippen LogP contribution in [-0.4, -0.2) is 27.0 Å². The molecule has 6 heteroatoms. The molecule has 5 nitrogen and oxygen atoms in total. The minimum absolute atomic E-state index is 0.0774. The summed E-state index contributed by atoms with van der Waals surface area (Å²) < 4.78 is 3.14. The van der Waals surface area contributed by atoms with Crippen LogP contribution in [0.1, 0.15) is 17.5 Å². The predicted octanol–water partition coefficient (Wildman–Crippen LogP) is 4.47. The van der Waals surface area contributed by atoms with Crippen molar-refractivity contribution in [2.45, 2.75) is 26.3 Å². The highest BCUT2D eigenvalue weighted by atomic mass is 32.1. The highest BCUT2D eigenvalue weighted by Crippen LogP contribution is 2.31. The monoisotopic (exact) mass is 390 g/mol. The molecule has 0 spiro atoms. The number of imidazole rings is 1. The van der Waals surface area contributed by atoms with Crippen LogP contribution in [0.4, 0.5) is 5.13 Å². The zero-order valence-electron chi connectivity index (χ0n) is 15.8. The molecule has 0 saturated heterocycles. The zero-order valence-corrected chi connectivity index (χ0v) is 16.6. The van der Waals surface area contributed by atoms with Crippen molar-refractivity contribution in [1.82, 2.24) is 14.5 Å². The Hall–Kier alpha value is -2.99. The van der Waals surface area contributed by atoms with Gasteiger partial charge in [0, 0.05) is 25.5 Å². The predicted molar refractivity (Wildman–Crippen MR) is 114 cm³/mol. The van der Waals surface area contributed by atoms with Gasteiger partial charge in [-0.25, -0.2) is 9.97 Å². The molecule has 0 fully saturated rings. The summed E-state index contributed by atoms with van der Waals surface area (Å²) in [6.45, 7) is 3.50. The Bertz CT molecular complexity index is 1060. The molecule has 2 aromatic carbocycles. The second-order valence-corrected chi connectivity index (χ2v) is 7.79. The second kappa shape index (κ2) is 8.35. The second-order valence-electron chi connectivity index (χ2n) is 6.78. The van der Waals surface area contributed by atoms with Crippen LogP contribution < -0.4 is 4.90 Å². The Morgan fingerprint density at radius 1 is 1.14 bits per heavy atom. The van der Waals surface area contributed by atoms with Gasteiger partial charge in [0.1, 0.15) is 0 Å². The largest absolute Gasteiger partial charge is 0.337 e. The van der Waals surface area contributed by atoms with Crippen molar-refractivity contribution in [2.24, 2.45) is 0 Å². The average Bonchev–Trinajstić information content (AvgIpc) is 3.36. The van der Waals surface area contributed by atoms with Crippen molar-refractivity contribution in [2.75, 3.05) is 11.4 Å². The van der Waals surface area contributed by atoms with E-state index in [2.05, 4.69) is 24.0 Å². The molecule has 4 rings (SSSR count). The van der Waals surface area contributed by atoms with Crippen LogP contribution in [-0.2, 0) is 17.8 Å². The summed E-state index contributed by atoms with van der Waals surface area (Å²) in [5.41, 5.74) is 3.13. The third-order valence-electron chi connectivity index (χ3n) is 4.70. The average molecular weight is 391 g/mol. The first-order valence-electron chi connectivity index (χ1n) is 9.37. The number of hydrogen-bond donors (Lipinski definition) is 0. The third kappa shape index (κ3) is 4.12. The number of amides is 1. The first-order chi connectivity index (χ1) is 13.7. The molecule has 4 aromatic rings. The molecule has 0 aliphatic carbocycles. The molecule has 0 atom stereocenters. The molecule has 142 valence electrons. The number of nitrogens with zero attached hydrogens (tertiary/aromatic N) is 4. The molecule has 0 bridgehead atoms. The first-order valence-corrected chi connectivity index (χ1v) is 10.2. The van der Waals surface area contributed by atoms with Gasteiger partial charge in [0.05, 0.1) is 23.0 Å². The van der Waals surface area contributed by atoms with E-state index in [1.807, 2.05) is 52.1 Å². The maximum atomic E-state index is 13.1. The Morgan fingerprint density at radius 3 is 2.75 bits per heavy atom. The van der Waals surface area contributed by atoms with E-state index in [-0.39, 0.29) is 5.91 Å². The van der Waals surface area contributed by atoms with Gasteiger partial charge < -0.3 is 4.57 Å². The third-order valence-corrected chi connectivity index (χ3v) is 5.74. The molecular weight excluding hydrogens is 368 g/mol. The van der Waals surface area contributed by atoms with Gasteiger partial charge in [-0.05, 0) is 30.5 Å². The normalized spacial score (nSPS) is 11.0. The smallest absolute Gasteiger partial charge is 0.233 e. The maximum absolute atomic E-state index is 13.1. The highest BCUT2D eigenvalue weighted by molar-refractivity contribution is 7.22. The molecule has 0 radical (unpaired) electrons. The summed E-state index contributed by atoms with van der Waals surface area (Å²) in [7, 11) is 0. The maximum Gasteiger partial charge on any atom is 0.233 e. The van der Waals surface area contributed by atoms with Crippen LogP contribution in [0.2, 0.25) is 0 Å². The van der Waals surface area contributed by atoms with E-state index in [1.54, 1.807) is 23.9 Å². The van der Waals surface area contributed by atoms with E-state index >= 15 is 0 Å². The first kappa shape index (κ1) is 18.4. The van der Waals surface area contributed by atoms with Gasteiger partial charge in [0.2, 0.25) is 5.91 Å². The molecule has 0 saturated carbocycles. The molecule has 0 N–H and O–H groups in total. The Kier molecular flexibility index (Phi) is 5.48. The fourth-order valence-corrected chi connectivity index (χ4v) is 4.30. The summed E-state index contributed by atoms with van der Waals surface area (Å²) in [6, 6.07) is 16.0. The van der Waals surface area contributed by atoms with E-state index in [9.17, 15) is 4.79 Å². The SMILES string of the molecule is Cc1cccc2sc(N(CCCn3ccnc3)C(=O)Cc3ccccc3)nc12. The lowest BCUT2D eigenvalue weighted by Gasteiger charge is -2.20. The number of benzene rings is 2. The summed E-state index contributed by atoms with van der Waals surface area (Å²) in [5.74, 6) is 0.0774. The van der Waals surface area contributed by atoms with E-state index in [0.717, 1.165) is 39.4 Å². The van der Waals surface area contributed by atoms with Crippen LogP contribution in [0.25, 0.3) is 10.2 Å². The number of thiazole rings is 1. The summed E-state index contributed by atoms with van der Waals surface area (Å²) in [6.07, 6.45) is 6.73. The van der Waals surface area contributed by atoms with Crippen molar-refractivity contribution < 1.29 is 4.79 Å². The van der Waals surface area contributed by atoms with Crippen LogP contribution >= 0.6 is 11.3 Å². The lowest BCUT2D eigenvalue weighted by Crippen LogP contribution is -2.33. The Balaban J connectivity index is 1.57. The molecule has 0 aliphatic rings. The van der Waals surface area contributed by atoms with Crippen molar-refractivity contribution in [3.8, 4) is 0 Å². The quantitative estimate of drug-likeness (QED) is 0.468. The minimum Gasteiger partial charge on any atom is -0.337 e. The Labute approximate surface area is 168 Å². The van der Waals surface area contributed by atoms with Crippen molar-refractivity contribution in [3.63, 3.8) is 0 Å². The molecule has 1 amide bonds. The Morgan fingerprint density at radius 2 is 2.00 bits per heavy atom. The van der Waals surface area contributed by atoms with Gasteiger partial charge >= 0.3 is 0 Å². The lowest BCUT2D eigenvalue weighted by atomic mass is 10.1. The molecule has 2 heterocycles. The van der Waals surface area contributed by atoms with E-state index < -0.39 is 0 Å². The van der Waals surface area contributed by atoms with Gasteiger partial charge in [-0.3, -0.25) is 9.69 Å². The van der Waals surface area contributed by atoms with Gasteiger partial charge in [-0.2, -0.15) is 0 Å². The highest BCUT2D eigenvalue weighted by Gasteiger charge is 2.20. The van der Waals surface area contributed by atoms with Crippen LogP contribution in [0.15, 0.2) is 67.3 Å². The minimum atomic E-state index is 0.0774. The number of rotatable bonds is 7. The number of fused-ring (bicyclic) bond motifs is 1. The summed E-state index contributed by atoms with van der Waals surface area (Å²) in [4.78, 5) is 23.9. The molecular formula is C22H22N4OS. The number of carbonyl (C=O) groups excluding carboxylic acids is 1. The van der Waals surface area contributed by atoms with Gasteiger partial charge in [0.15, 0.2) is 5.13 Å². The standard InChI is InChI=1S/C22H22N4OS/c1-17-7-5-10-19-21(17)24-22(28-19)26(13-6-12-25-14-11-23-16-25)20(27)15-18-8-3-2-4-9-18/h2-5,7-11,14,16H,6,12-13,15H2,1H3. The van der Waals surface area contributed by atoms with E-state index in [0.29, 0.717) is 13.0 Å². The van der Waals surface area contributed by atoms with Gasteiger partial charge in [-0.1, -0.05) is 53.8 Å². The summed E-state index contributed by atoms with van der Waals surface area (Å²) in [5, 5.41) is 0.774. The number of para-hydroxylation sites is 1. The van der Waals surface area contributed by atoms with Crippen molar-refractivity contribution in [3.05, 3.63) is 78.4 Å². The molecule has 28 heavy (non-hydrogen) atoms. The molecule has 0 unspecified atom stereocenters. The number of hydrogen-bond acceptors (Lipinski definition) is 4. The number of anilines is 1. The zero-order chi connectivity index (χ0) is 19.3. The topological polar surface area (TPSA) is 51.0 Å². The lowest BCUT2D eigenvalue weighted by molar-refractivity contribution is -0.118. The summed E-state index contributed by atoms with van der Waals surface area (Å²) >= 11 is 1.58. The number of aromatic nitrogens is 3. The van der Waals surface area contributed by atoms with Crippen LogP contribution in [0, 0.1) is 6.92 Å². The van der Waals surface area contributed by atoms with Crippen LogP contribution in [0.3, 0.4) is 0 Å². The van der Waals surface area contributed by atoms with Gasteiger partial charge in [0.25, 0.3) is 0 Å². The van der Waals surface area contributed by atoms with Gasteiger partial charge in [-0.15, -0.1) is 0 Å². The van der Waals surface area contributed by atoms with E-state index in [4.69, 9.17) is 4.98 Å². The molecule has 2 aromatic heterocycles. The number of aryl methyl sites for hydroxylation is 2. The van der Waals surface area contributed by atoms with Crippen LogP contribution in [0.5, 0.6) is 0 Å². The van der Waals surface area contributed by atoms with E-state index in [1.165, 1.54) is 0 Å². The number of carbonyl (C=O) groups is 1. The van der Waals surface area contributed by atoms with Crippen molar-refractivity contribution >= 4 is 32.6 Å². The fourth-order valence-electron chi connectivity index (χ4n) is 3.21. The van der Waals surface area contributed by atoms with Crippen molar-refractivity contribution in [1.29, 1.82) is 0 Å².